The van der Waals surface area contributed by atoms with Crippen LogP contribution in [-0.4, -0.2) is 11.2 Å². The summed E-state index contributed by atoms with van der Waals surface area (Å²) < 4.78 is 0. The molecule has 0 aliphatic carbocycles. The molecule has 0 heterocycles. The highest BCUT2D eigenvalue weighted by Crippen LogP contribution is 2.07. The summed E-state index contributed by atoms with van der Waals surface area (Å²) >= 11 is 0. The first-order valence-electron chi connectivity index (χ1n) is 5.69. The number of hydrogen-bond acceptors (Lipinski definition) is 1. The van der Waals surface area contributed by atoms with Crippen LogP contribution in [0.15, 0.2) is 0 Å². The highest BCUT2D eigenvalue weighted by Gasteiger charge is 1.92. The molecule has 0 fully saturated rings. The molecule has 2 unspecified atom stereocenters. The van der Waals surface area contributed by atoms with Crippen molar-refractivity contribution in [3.8, 4) is 12.3 Å². The summed E-state index contributed by atoms with van der Waals surface area (Å²) in [6.45, 7) is 8.54. The number of aliphatic hydroxyl groups excluding tert-OH is 1. The number of terminal acetylenes is 1. The quantitative estimate of drug-likeness (QED) is 0.669. The fourth-order valence-corrected chi connectivity index (χ4v) is 0.989. The highest BCUT2D eigenvalue weighted by molar-refractivity contribution is 4.83. The van der Waals surface area contributed by atoms with Gasteiger partial charge in [0, 0.05) is 6.42 Å². The molecule has 1 N–H and O–H groups in total. The summed E-state index contributed by atoms with van der Waals surface area (Å²) in [5, 5.41) is 8.59. The number of aliphatic hydroxyl groups is 1. The van der Waals surface area contributed by atoms with Crippen LogP contribution in [0.5, 0.6) is 0 Å². The summed E-state index contributed by atoms with van der Waals surface area (Å²) in [4.78, 5) is 0. The van der Waals surface area contributed by atoms with Gasteiger partial charge in [-0.1, -0.05) is 40.0 Å². The molecule has 84 valence electrons. The van der Waals surface area contributed by atoms with Crippen LogP contribution in [0.1, 0.15) is 59.8 Å². The van der Waals surface area contributed by atoms with Crippen molar-refractivity contribution in [3.63, 3.8) is 0 Å². The van der Waals surface area contributed by atoms with Gasteiger partial charge in [0.05, 0.1) is 6.10 Å². The maximum Gasteiger partial charge on any atom is 0.0521 e. The Morgan fingerprint density at radius 1 is 1.21 bits per heavy atom. The van der Waals surface area contributed by atoms with Crippen molar-refractivity contribution in [2.24, 2.45) is 5.92 Å². The van der Waals surface area contributed by atoms with Crippen molar-refractivity contribution in [1.82, 2.24) is 0 Å². The number of hydrogen-bond donors (Lipinski definition) is 1. The molecule has 14 heavy (non-hydrogen) atoms. The molecule has 2 atom stereocenters. The molecule has 0 radical (unpaired) electrons. The van der Waals surface area contributed by atoms with Crippen molar-refractivity contribution < 1.29 is 5.11 Å². The Morgan fingerprint density at radius 2 is 1.79 bits per heavy atom. The molecular formula is C13H26O. The van der Waals surface area contributed by atoms with Crippen molar-refractivity contribution >= 4 is 0 Å². The molecule has 0 saturated carbocycles. The first-order chi connectivity index (χ1) is 6.58. The van der Waals surface area contributed by atoms with Crippen LogP contribution in [0, 0.1) is 18.3 Å². The van der Waals surface area contributed by atoms with E-state index >= 15 is 0 Å². The van der Waals surface area contributed by atoms with Crippen LogP contribution in [-0.2, 0) is 0 Å². The summed E-state index contributed by atoms with van der Waals surface area (Å²) in [7, 11) is 0. The van der Waals surface area contributed by atoms with Gasteiger partial charge in [0.25, 0.3) is 0 Å². The SMILES string of the molecule is C#CCCC(C)O.CCCC(C)CC. The van der Waals surface area contributed by atoms with Gasteiger partial charge in [0.1, 0.15) is 0 Å². The lowest BCUT2D eigenvalue weighted by molar-refractivity contribution is 0.186. The molecule has 0 saturated heterocycles. The zero-order valence-electron chi connectivity index (χ0n) is 10.2. The number of rotatable bonds is 5. The lowest BCUT2D eigenvalue weighted by atomic mass is 10.0. The Labute approximate surface area is 89.9 Å². The first kappa shape index (κ1) is 16.0. The smallest absolute Gasteiger partial charge is 0.0521 e. The second-order valence-corrected chi connectivity index (χ2v) is 3.89. The predicted octanol–water partition coefficient (Wildman–Crippen LogP) is 3.61. The van der Waals surface area contributed by atoms with E-state index in [9.17, 15) is 0 Å². The second kappa shape index (κ2) is 12.5. The highest BCUT2D eigenvalue weighted by atomic mass is 16.3. The molecule has 0 rings (SSSR count). The van der Waals surface area contributed by atoms with Crippen molar-refractivity contribution in [1.29, 1.82) is 0 Å². The molecule has 0 aromatic heterocycles. The minimum absolute atomic E-state index is 0.240. The Kier molecular flexibility index (Phi) is 14.3. The molecule has 0 bridgehead atoms. The van der Waals surface area contributed by atoms with Gasteiger partial charge in [0.15, 0.2) is 0 Å². The van der Waals surface area contributed by atoms with E-state index in [0.29, 0.717) is 6.42 Å². The van der Waals surface area contributed by atoms with E-state index < -0.39 is 0 Å². The zero-order chi connectivity index (χ0) is 11.4. The lowest BCUT2D eigenvalue weighted by Crippen LogP contribution is -1.96. The molecular weight excluding hydrogens is 172 g/mol. The summed E-state index contributed by atoms with van der Waals surface area (Å²) in [5.74, 6) is 3.39. The van der Waals surface area contributed by atoms with Crippen LogP contribution in [0.3, 0.4) is 0 Å². The van der Waals surface area contributed by atoms with E-state index in [-0.39, 0.29) is 6.10 Å². The van der Waals surface area contributed by atoms with Gasteiger partial charge in [-0.15, -0.1) is 12.3 Å². The van der Waals surface area contributed by atoms with Crippen LogP contribution in [0.4, 0.5) is 0 Å². The van der Waals surface area contributed by atoms with Crippen LogP contribution in [0.25, 0.3) is 0 Å². The standard InChI is InChI=1S/C7H16.C6H10O/c1-4-6-7(3)5-2;1-3-4-5-6(2)7/h7H,4-6H2,1-3H3;1,6-7H,4-5H2,2H3. The van der Waals surface area contributed by atoms with E-state index in [4.69, 9.17) is 11.5 Å². The van der Waals surface area contributed by atoms with Gasteiger partial charge in [-0.25, -0.2) is 0 Å². The van der Waals surface area contributed by atoms with Gasteiger partial charge in [-0.05, 0) is 19.3 Å². The molecule has 0 aliphatic rings. The Morgan fingerprint density at radius 3 is 1.93 bits per heavy atom. The third-order valence-electron chi connectivity index (χ3n) is 2.18. The van der Waals surface area contributed by atoms with E-state index in [1.165, 1.54) is 19.3 Å². The topological polar surface area (TPSA) is 20.2 Å². The fraction of sp³-hybridized carbons (Fsp3) is 0.846. The third kappa shape index (κ3) is 17.6. The van der Waals surface area contributed by atoms with Crippen molar-refractivity contribution in [3.05, 3.63) is 0 Å². The zero-order valence-corrected chi connectivity index (χ0v) is 10.2. The molecule has 0 aromatic carbocycles. The maximum absolute atomic E-state index is 8.59. The molecule has 0 aromatic rings. The minimum atomic E-state index is -0.240. The van der Waals surface area contributed by atoms with Gasteiger partial charge in [0.2, 0.25) is 0 Å². The summed E-state index contributed by atoms with van der Waals surface area (Å²) in [6.07, 6.45) is 10.2. The predicted molar refractivity (Wildman–Crippen MR) is 64.1 cm³/mol. The average Bonchev–Trinajstić information content (AvgIpc) is 2.16. The average molecular weight is 198 g/mol. The van der Waals surface area contributed by atoms with E-state index in [1.807, 2.05) is 0 Å². The summed E-state index contributed by atoms with van der Waals surface area (Å²) in [6, 6.07) is 0. The molecule has 1 heteroatoms. The van der Waals surface area contributed by atoms with Crippen molar-refractivity contribution in [2.75, 3.05) is 0 Å². The second-order valence-electron chi connectivity index (χ2n) is 3.89. The van der Waals surface area contributed by atoms with Crippen LogP contribution >= 0.6 is 0 Å². The van der Waals surface area contributed by atoms with Gasteiger partial charge >= 0.3 is 0 Å². The third-order valence-corrected chi connectivity index (χ3v) is 2.18. The lowest BCUT2D eigenvalue weighted by Gasteiger charge is -2.02. The van der Waals surface area contributed by atoms with Crippen LogP contribution < -0.4 is 0 Å². The normalized spacial score (nSPS) is 13.4. The van der Waals surface area contributed by atoms with Crippen molar-refractivity contribution in [2.45, 2.75) is 65.9 Å². The van der Waals surface area contributed by atoms with Gasteiger partial charge in [-0.2, -0.15) is 0 Å². The minimum Gasteiger partial charge on any atom is -0.393 e. The van der Waals surface area contributed by atoms with E-state index in [1.54, 1.807) is 6.92 Å². The molecule has 0 spiro atoms. The monoisotopic (exact) mass is 198 g/mol. The van der Waals surface area contributed by atoms with Gasteiger partial charge < -0.3 is 5.11 Å². The van der Waals surface area contributed by atoms with Crippen LogP contribution in [0.2, 0.25) is 0 Å². The van der Waals surface area contributed by atoms with E-state index in [2.05, 4.69) is 26.7 Å². The first-order valence-corrected chi connectivity index (χ1v) is 5.69. The Balaban J connectivity index is 0. The largest absolute Gasteiger partial charge is 0.393 e. The van der Waals surface area contributed by atoms with Gasteiger partial charge in [-0.3, -0.25) is 0 Å². The van der Waals surface area contributed by atoms with E-state index in [0.717, 1.165) is 12.3 Å². The Bertz CT molecular complexity index is 133. The molecule has 0 aliphatic heterocycles. The molecule has 1 nitrogen and oxygen atoms in total. The summed E-state index contributed by atoms with van der Waals surface area (Å²) in [5.41, 5.74) is 0. The maximum atomic E-state index is 8.59. The fourth-order valence-electron chi connectivity index (χ4n) is 0.989. The molecule has 0 amide bonds. The Hall–Kier alpha value is -0.480.